The highest BCUT2D eigenvalue weighted by Crippen LogP contribution is 2.26. The second kappa shape index (κ2) is 4.87. The summed E-state index contributed by atoms with van der Waals surface area (Å²) in [6.07, 6.45) is -4.83. The summed E-state index contributed by atoms with van der Waals surface area (Å²) in [6, 6.07) is 5.03. The Balaban J connectivity index is 2.96. The topological polar surface area (TPSA) is 35.5 Å². The van der Waals surface area contributed by atoms with Gasteiger partial charge in [-0.25, -0.2) is 4.79 Å². The van der Waals surface area contributed by atoms with Crippen molar-refractivity contribution in [3.05, 3.63) is 29.8 Å². The largest absolute Gasteiger partial charge is 0.573 e. The number of hydrogen-bond donors (Lipinski definition) is 0. The highest BCUT2D eigenvalue weighted by atomic mass is 19.4. The van der Waals surface area contributed by atoms with Gasteiger partial charge in [-0.15, -0.1) is 13.2 Å². The smallest absolute Gasteiger partial charge is 0.462 e. The third-order valence-electron chi connectivity index (χ3n) is 1.61. The molecule has 0 atom stereocenters. The average molecular weight is 234 g/mol. The van der Waals surface area contributed by atoms with Gasteiger partial charge >= 0.3 is 12.3 Å². The van der Waals surface area contributed by atoms with E-state index in [1.165, 1.54) is 18.2 Å². The van der Waals surface area contributed by atoms with E-state index in [0.29, 0.717) is 0 Å². The van der Waals surface area contributed by atoms with Crippen LogP contribution in [0.15, 0.2) is 24.3 Å². The van der Waals surface area contributed by atoms with Gasteiger partial charge in [0.15, 0.2) is 0 Å². The Kier molecular flexibility index (Phi) is 3.76. The summed E-state index contributed by atoms with van der Waals surface area (Å²) >= 11 is 0. The van der Waals surface area contributed by atoms with Gasteiger partial charge < -0.3 is 9.47 Å². The molecular formula is C10H9F3O3. The van der Waals surface area contributed by atoms with Crippen LogP contribution >= 0.6 is 0 Å². The quantitative estimate of drug-likeness (QED) is 0.754. The number of ether oxygens (including phenoxy) is 2. The summed E-state index contributed by atoms with van der Waals surface area (Å²) in [5.74, 6) is -1.41. The van der Waals surface area contributed by atoms with E-state index in [1.54, 1.807) is 6.92 Å². The van der Waals surface area contributed by atoms with E-state index in [0.717, 1.165) is 6.07 Å². The molecule has 88 valence electrons. The third kappa shape index (κ3) is 3.45. The molecule has 0 fully saturated rings. The van der Waals surface area contributed by atoms with E-state index in [2.05, 4.69) is 9.47 Å². The zero-order valence-corrected chi connectivity index (χ0v) is 8.38. The molecule has 1 aromatic rings. The van der Waals surface area contributed by atoms with Crippen molar-refractivity contribution in [3.63, 3.8) is 0 Å². The number of halogens is 3. The Bertz CT molecular complexity index is 374. The van der Waals surface area contributed by atoms with Crippen molar-refractivity contribution in [2.45, 2.75) is 13.3 Å². The first kappa shape index (κ1) is 12.4. The fourth-order valence-electron chi connectivity index (χ4n) is 1.06. The van der Waals surface area contributed by atoms with E-state index in [4.69, 9.17) is 0 Å². The van der Waals surface area contributed by atoms with Gasteiger partial charge in [0, 0.05) is 0 Å². The average Bonchev–Trinajstić information content (AvgIpc) is 2.16. The van der Waals surface area contributed by atoms with Crippen molar-refractivity contribution >= 4 is 5.97 Å². The lowest BCUT2D eigenvalue weighted by Gasteiger charge is -2.11. The van der Waals surface area contributed by atoms with E-state index in [-0.39, 0.29) is 12.2 Å². The van der Waals surface area contributed by atoms with Gasteiger partial charge in [-0.2, -0.15) is 0 Å². The lowest BCUT2D eigenvalue weighted by Crippen LogP contribution is -2.19. The van der Waals surface area contributed by atoms with Crippen LogP contribution in [0.5, 0.6) is 5.75 Å². The third-order valence-corrected chi connectivity index (χ3v) is 1.61. The van der Waals surface area contributed by atoms with E-state index >= 15 is 0 Å². The van der Waals surface area contributed by atoms with Gasteiger partial charge in [-0.1, -0.05) is 12.1 Å². The van der Waals surface area contributed by atoms with Gasteiger partial charge in [0.05, 0.1) is 6.61 Å². The Morgan fingerprint density at radius 2 is 1.94 bits per heavy atom. The van der Waals surface area contributed by atoms with Crippen LogP contribution in [0.1, 0.15) is 17.3 Å². The van der Waals surface area contributed by atoms with Crippen LogP contribution in [0.25, 0.3) is 0 Å². The lowest BCUT2D eigenvalue weighted by molar-refractivity contribution is -0.274. The molecule has 0 aliphatic heterocycles. The molecule has 1 rings (SSSR count). The number of rotatable bonds is 3. The number of carbonyl (C=O) groups excluding carboxylic acids is 1. The first-order chi connectivity index (χ1) is 7.44. The standard InChI is InChI=1S/C10H9F3O3/c1-2-15-9(14)7-5-3-4-6-8(7)16-10(11,12)13/h3-6H,2H2,1H3. The van der Waals surface area contributed by atoms with E-state index in [1.807, 2.05) is 0 Å². The van der Waals surface area contributed by atoms with Gasteiger partial charge in [-0.05, 0) is 19.1 Å². The molecule has 0 N–H and O–H groups in total. The Labute approximate surface area is 89.8 Å². The monoisotopic (exact) mass is 234 g/mol. The summed E-state index contributed by atoms with van der Waals surface area (Å²) in [6.45, 7) is 1.64. The number of para-hydroxylation sites is 1. The minimum absolute atomic E-state index is 0.0825. The molecule has 16 heavy (non-hydrogen) atoms. The molecular weight excluding hydrogens is 225 g/mol. The first-order valence-corrected chi connectivity index (χ1v) is 4.46. The highest BCUT2D eigenvalue weighted by Gasteiger charge is 2.32. The molecule has 0 saturated carbocycles. The molecule has 0 radical (unpaired) electrons. The summed E-state index contributed by atoms with van der Waals surface area (Å²) in [7, 11) is 0. The van der Waals surface area contributed by atoms with Crippen LogP contribution in [0.3, 0.4) is 0 Å². The zero-order chi connectivity index (χ0) is 12.2. The van der Waals surface area contributed by atoms with Crippen LogP contribution in [0, 0.1) is 0 Å². The van der Waals surface area contributed by atoms with Gasteiger partial charge in [0.2, 0.25) is 0 Å². The number of benzene rings is 1. The molecule has 0 aliphatic carbocycles. The Morgan fingerprint density at radius 1 is 1.31 bits per heavy atom. The minimum atomic E-state index is -4.83. The van der Waals surface area contributed by atoms with Crippen LogP contribution < -0.4 is 4.74 Å². The second-order valence-electron chi connectivity index (χ2n) is 2.76. The summed E-state index contributed by atoms with van der Waals surface area (Å²) < 4.78 is 44.3. The van der Waals surface area contributed by atoms with Crippen molar-refractivity contribution in [3.8, 4) is 5.75 Å². The maximum absolute atomic E-state index is 12.0. The molecule has 1 aromatic carbocycles. The van der Waals surface area contributed by atoms with Crippen LogP contribution in [-0.4, -0.2) is 18.9 Å². The molecule has 6 heteroatoms. The number of esters is 1. The summed E-state index contributed by atoms with van der Waals surface area (Å²) in [5, 5.41) is 0. The summed E-state index contributed by atoms with van der Waals surface area (Å²) in [4.78, 5) is 11.3. The first-order valence-electron chi connectivity index (χ1n) is 4.46. The van der Waals surface area contributed by atoms with E-state index < -0.39 is 18.1 Å². The fraction of sp³-hybridized carbons (Fsp3) is 0.300. The normalized spacial score (nSPS) is 11.0. The molecule has 0 aromatic heterocycles. The lowest BCUT2D eigenvalue weighted by atomic mass is 10.2. The molecule has 0 heterocycles. The van der Waals surface area contributed by atoms with Crippen molar-refractivity contribution in [1.29, 1.82) is 0 Å². The molecule has 0 unspecified atom stereocenters. The van der Waals surface area contributed by atoms with Gasteiger partial charge in [0.25, 0.3) is 0 Å². The maximum atomic E-state index is 12.0. The molecule has 0 saturated heterocycles. The van der Waals surface area contributed by atoms with Crippen LogP contribution in [-0.2, 0) is 4.74 Å². The predicted molar refractivity (Wildman–Crippen MR) is 49.1 cm³/mol. The number of carbonyl (C=O) groups is 1. The van der Waals surface area contributed by atoms with Crippen molar-refractivity contribution in [1.82, 2.24) is 0 Å². The molecule has 0 amide bonds. The van der Waals surface area contributed by atoms with Crippen LogP contribution in [0.2, 0.25) is 0 Å². The van der Waals surface area contributed by atoms with Crippen molar-refractivity contribution < 1.29 is 27.4 Å². The Morgan fingerprint density at radius 3 is 2.50 bits per heavy atom. The SMILES string of the molecule is CCOC(=O)c1ccccc1OC(F)(F)F. The van der Waals surface area contributed by atoms with Gasteiger partial charge in [0.1, 0.15) is 11.3 Å². The zero-order valence-electron chi connectivity index (χ0n) is 8.38. The maximum Gasteiger partial charge on any atom is 0.573 e. The molecule has 3 nitrogen and oxygen atoms in total. The fourth-order valence-corrected chi connectivity index (χ4v) is 1.06. The van der Waals surface area contributed by atoms with Crippen LogP contribution in [0.4, 0.5) is 13.2 Å². The van der Waals surface area contributed by atoms with E-state index in [9.17, 15) is 18.0 Å². The predicted octanol–water partition coefficient (Wildman–Crippen LogP) is 2.76. The number of hydrogen-bond acceptors (Lipinski definition) is 3. The highest BCUT2D eigenvalue weighted by molar-refractivity contribution is 5.92. The minimum Gasteiger partial charge on any atom is -0.462 e. The molecule has 0 bridgehead atoms. The number of alkyl halides is 3. The van der Waals surface area contributed by atoms with Crippen molar-refractivity contribution in [2.75, 3.05) is 6.61 Å². The molecule has 0 spiro atoms. The molecule has 0 aliphatic rings. The second-order valence-corrected chi connectivity index (χ2v) is 2.76. The van der Waals surface area contributed by atoms with Crippen molar-refractivity contribution in [2.24, 2.45) is 0 Å². The Hall–Kier alpha value is -1.72. The van der Waals surface area contributed by atoms with Gasteiger partial charge in [-0.3, -0.25) is 0 Å². The summed E-state index contributed by atoms with van der Waals surface area (Å²) in [5.41, 5.74) is -0.248.